The average molecular weight is 457 g/mol. The summed E-state index contributed by atoms with van der Waals surface area (Å²) < 4.78 is 49.2. The summed E-state index contributed by atoms with van der Waals surface area (Å²) in [6.45, 7) is 6.47. The summed E-state index contributed by atoms with van der Waals surface area (Å²) >= 11 is 0. The summed E-state index contributed by atoms with van der Waals surface area (Å²) in [5.74, 6) is 0.0996. The highest BCUT2D eigenvalue weighted by Gasteiger charge is 2.31. The summed E-state index contributed by atoms with van der Waals surface area (Å²) in [6, 6.07) is 4.18. The number of halogens is 3. The minimum atomic E-state index is -4.41. The van der Waals surface area contributed by atoms with Crippen LogP contribution in [0.5, 0.6) is 5.75 Å². The number of unbranched alkanes of at least 4 members (excludes halogenated alkanes) is 2. The van der Waals surface area contributed by atoms with Gasteiger partial charge in [-0.1, -0.05) is 6.08 Å². The molecule has 1 aliphatic carbocycles. The Balaban J connectivity index is 1.64. The molecule has 0 heterocycles. The highest BCUT2D eigenvalue weighted by Crippen LogP contribution is 2.30. The fourth-order valence-electron chi connectivity index (χ4n) is 3.86. The van der Waals surface area contributed by atoms with Crippen molar-refractivity contribution in [3.8, 4) is 5.75 Å². The predicted octanol–water partition coefficient (Wildman–Crippen LogP) is 5.75. The van der Waals surface area contributed by atoms with Crippen molar-refractivity contribution in [2.75, 3.05) is 33.8 Å². The van der Waals surface area contributed by atoms with Crippen LogP contribution >= 0.6 is 0 Å². The van der Waals surface area contributed by atoms with Crippen LogP contribution in [-0.2, 0) is 10.9 Å². The van der Waals surface area contributed by atoms with Crippen LogP contribution in [0.2, 0.25) is 0 Å². The first-order chi connectivity index (χ1) is 15.2. The van der Waals surface area contributed by atoms with E-state index in [0.717, 1.165) is 88.9 Å². The van der Waals surface area contributed by atoms with Gasteiger partial charge in [-0.25, -0.2) is 4.79 Å². The van der Waals surface area contributed by atoms with Gasteiger partial charge in [0.25, 0.3) is 0 Å². The van der Waals surface area contributed by atoms with Gasteiger partial charge in [-0.15, -0.1) is 6.58 Å². The van der Waals surface area contributed by atoms with Crippen LogP contribution in [0.3, 0.4) is 0 Å². The van der Waals surface area contributed by atoms with E-state index in [0.29, 0.717) is 0 Å². The Morgan fingerprint density at radius 3 is 2.34 bits per heavy atom. The average Bonchev–Trinajstić information content (AvgIpc) is 2.76. The molecule has 1 fully saturated rings. The van der Waals surface area contributed by atoms with Gasteiger partial charge in [-0.05, 0) is 82.8 Å². The van der Waals surface area contributed by atoms with Gasteiger partial charge >= 0.3 is 12.3 Å². The molecule has 1 aromatic carbocycles. The van der Waals surface area contributed by atoms with Gasteiger partial charge in [0.15, 0.2) is 0 Å². The van der Waals surface area contributed by atoms with E-state index in [1.165, 1.54) is 4.90 Å². The third-order valence-corrected chi connectivity index (χ3v) is 5.84. The molecule has 8 heteroatoms. The Morgan fingerprint density at radius 2 is 1.75 bits per heavy atom. The summed E-state index contributed by atoms with van der Waals surface area (Å²) in [4.78, 5) is 16.2. The van der Waals surface area contributed by atoms with E-state index in [9.17, 15) is 18.0 Å². The summed E-state index contributed by atoms with van der Waals surface area (Å²) in [6.07, 6.45) is 3.86. The van der Waals surface area contributed by atoms with Gasteiger partial charge in [-0.2, -0.15) is 13.2 Å². The number of ether oxygens (including phenoxy) is 2. The maximum Gasteiger partial charge on any atom is 0.416 e. The number of amides is 1. The van der Waals surface area contributed by atoms with E-state index < -0.39 is 17.8 Å². The first kappa shape index (κ1) is 26.2. The second-order valence-electron chi connectivity index (χ2n) is 8.41. The minimum Gasteiger partial charge on any atom is -0.410 e. The molecule has 0 aliphatic heterocycles. The Labute approximate surface area is 189 Å². The van der Waals surface area contributed by atoms with Gasteiger partial charge in [0.1, 0.15) is 5.75 Å². The molecule has 5 nitrogen and oxygen atoms in total. The first-order valence-corrected chi connectivity index (χ1v) is 11.2. The van der Waals surface area contributed by atoms with Crippen molar-refractivity contribution in [2.45, 2.75) is 63.3 Å². The molecule has 2 rings (SSSR count). The van der Waals surface area contributed by atoms with Crippen molar-refractivity contribution < 1.29 is 27.4 Å². The van der Waals surface area contributed by atoms with Crippen LogP contribution in [0.1, 0.15) is 50.5 Å². The second-order valence-corrected chi connectivity index (χ2v) is 8.41. The summed E-state index contributed by atoms with van der Waals surface area (Å²) in [5, 5.41) is 0. The number of rotatable bonds is 11. The Bertz CT molecular complexity index is 701. The first-order valence-electron chi connectivity index (χ1n) is 11.2. The monoisotopic (exact) mass is 456 g/mol. The van der Waals surface area contributed by atoms with E-state index >= 15 is 0 Å². The second kappa shape index (κ2) is 12.8. The van der Waals surface area contributed by atoms with Crippen LogP contribution < -0.4 is 4.74 Å². The summed E-state index contributed by atoms with van der Waals surface area (Å²) in [7, 11) is 3.76. The fourth-order valence-corrected chi connectivity index (χ4v) is 3.86. The zero-order valence-electron chi connectivity index (χ0n) is 19.1. The molecular weight excluding hydrogens is 421 g/mol. The minimum absolute atomic E-state index is 0.0391. The highest BCUT2D eigenvalue weighted by molar-refractivity contribution is 5.70. The van der Waals surface area contributed by atoms with E-state index in [1.54, 1.807) is 7.05 Å². The topological polar surface area (TPSA) is 42.0 Å². The number of alkyl halides is 3. The van der Waals surface area contributed by atoms with E-state index in [1.807, 2.05) is 6.08 Å². The molecule has 0 bridgehead atoms. The lowest BCUT2D eigenvalue weighted by atomic mass is 9.92. The molecule has 0 aromatic heterocycles. The number of hydrogen-bond acceptors (Lipinski definition) is 4. The van der Waals surface area contributed by atoms with Crippen molar-refractivity contribution in [3.63, 3.8) is 0 Å². The van der Waals surface area contributed by atoms with Crippen molar-refractivity contribution in [2.24, 2.45) is 0 Å². The van der Waals surface area contributed by atoms with Crippen LogP contribution in [0.15, 0.2) is 36.9 Å². The van der Waals surface area contributed by atoms with Crippen molar-refractivity contribution >= 4 is 6.09 Å². The van der Waals surface area contributed by atoms with Gasteiger partial charge in [-0.3, -0.25) is 0 Å². The van der Waals surface area contributed by atoms with Crippen LogP contribution in [-0.4, -0.2) is 61.8 Å². The van der Waals surface area contributed by atoms with Crippen molar-refractivity contribution in [3.05, 3.63) is 42.5 Å². The predicted molar refractivity (Wildman–Crippen MR) is 119 cm³/mol. The number of carbonyl (C=O) groups is 1. The third kappa shape index (κ3) is 8.82. The third-order valence-electron chi connectivity index (χ3n) is 5.84. The Kier molecular flexibility index (Phi) is 10.5. The lowest BCUT2D eigenvalue weighted by Gasteiger charge is -2.34. The number of nitrogens with zero attached hydrogens (tertiary/aromatic N) is 2. The molecule has 1 saturated carbocycles. The lowest BCUT2D eigenvalue weighted by Crippen LogP contribution is -2.42. The van der Waals surface area contributed by atoms with Gasteiger partial charge in [0.2, 0.25) is 0 Å². The number of hydrogen-bond donors (Lipinski definition) is 0. The van der Waals surface area contributed by atoms with Crippen LogP contribution in [0, 0.1) is 0 Å². The zero-order chi connectivity index (χ0) is 23.6. The molecular formula is C24H35F3N2O3. The number of benzene rings is 1. The fraction of sp³-hybridized carbons (Fsp3) is 0.625. The molecule has 0 unspecified atom stereocenters. The van der Waals surface area contributed by atoms with Crippen LogP contribution in [0.4, 0.5) is 18.0 Å². The smallest absolute Gasteiger partial charge is 0.410 e. The quantitative estimate of drug-likeness (QED) is 0.314. The lowest BCUT2D eigenvalue weighted by molar-refractivity contribution is -0.137. The van der Waals surface area contributed by atoms with E-state index in [-0.39, 0.29) is 17.9 Å². The molecule has 1 aliphatic rings. The van der Waals surface area contributed by atoms with Crippen LogP contribution in [0.25, 0.3) is 0 Å². The Hall–Kier alpha value is -2.06. The molecule has 0 atom stereocenters. The maximum atomic E-state index is 12.6. The van der Waals surface area contributed by atoms with E-state index in [2.05, 4.69) is 18.5 Å². The maximum absolute atomic E-state index is 12.6. The van der Waals surface area contributed by atoms with Crippen molar-refractivity contribution in [1.29, 1.82) is 0 Å². The molecule has 0 saturated heterocycles. The Morgan fingerprint density at radius 1 is 1.09 bits per heavy atom. The van der Waals surface area contributed by atoms with Crippen molar-refractivity contribution in [1.82, 2.24) is 9.80 Å². The molecule has 180 valence electrons. The highest BCUT2D eigenvalue weighted by atomic mass is 19.4. The summed E-state index contributed by atoms with van der Waals surface area (Å²) in [5.41, 5.74) is -0.774. The largest absolute Gasteiger partial charge is 0.416 e. The molecule has 1 aromatic rings. The number of likely N-dealkylation sites (N-methyl/N-ethyl adjacent to an activating group) is 1. The molecule has 32 heavy (non-hydrogen) atoms. The van der Waals surface area contributed by atoms with E-state index in [4.69, 9.17) is 9.47 Å². The van der Waals surface area contributed by atoms with Gasteiger partial charge < -0.3 is 19.3 Å². The molecule has 0 radical (unpaired) electrons. The van der Waals surface area contributed by atoms with Gasteiger partial charge in [0.05, 0.1) is 11.7 Å². The molecule has 0 N–H and O–H groups in total. The normalized spacial score (nSPS) is 19.1. The van der Waals surface area contributed by atoms with Gasteiger partial charge in [0, 0.05) is 26.2 Å². The molecule has 0 spiro atoms. The SMILES string of the molecule is C=CCN(C)CCCCCO[C@H]1CC[C@H](N(C)C(=O)Oc2ccc(C(F)(F)F)cc2)CC1. The number of carbonyl (C=O) groups excluding carboxylic acids is 1. The zero-order valence-corrected chi connectivity index (χ0v) is 19.1. The molecule has 1 amide bonds. The standard InChI is InChI=1S/C24H35F3N2O3/c1-4-16-28(2)17-6-5-7-18-31-21-14-10-20(11-15-21)29(3)23(30)32-22-12-8-19(9-13-22)24(25,26)27/h4,8-9,12-13,20-21H,1,5-7,10-11,14-18H2,2-3H3/t20-,21-.